The number of sulfone groups is 1. The number of aryl methyl sites for hydroxylation is 1. The van der Waals surface area contributed by atoms with Crippen LogP contribution in [0.5, 0.6) is 0 Å². The Kier molecular flexibility index (Phi) is 5.28. The number of hydrogen-bond donors (Lipinski definition) is 1. The van der Waals surface area contributed by atoms with Crippen LogP contribution < -0.4 is 0 Å². The van der Waals surface area contributed by atoms with Gasteiger partial charge in [-0.25, -0.2) is 8.42 Å². The summed E-state index contributed by atoms with van der Waals surface area (Å²) in [6.45, 7) is 1.84. The Hall–Kier alpha value is -2.51. The first-order valence-corrected chi connectivity index (χ1v) is 11.6. The van der Waals surface area contributed by atoms with Crippen LogP contribution in [-0.2, 0) is 26.0 Å². The van der Waals surface area contributed by atoms with E-state index in [1.807, 2.05) is 13.0 Å². The Bertz CT molecular complexity index is 1060. The van der Waals surface area contributed by atoms with Crippen molar-refractivity contribution in [3.8, 4) is 0 Å². The zero-order valence-electron chi connectivity index (χ0n) is 16.8. The molecule has 2 unspecified atom stereocenters. The van der Waals surface area contributed by atoms with Gasteiger partial charge in [0.15, 0.2) is 14.6 Å². The second kappa shape index (κ2) is 7.63. The summed E-state index contributed by atoms with van der Waals surface area (Å²) in [6.07, 6.45) is -0.224. The molecule has 1 aliphatic carbocycles. The van der Waals surface area contributed by atoms with Crippen molar-refractivity contribution in [1.29, 1.82) is 0 Å². The summed E-state index contributed by atoms with van der Waals surface area (Å²) in [6, 6.07) is 15.3. The number of likely N-dealkylation sites (tertiary alicyclic amines) is 1. The number of benzene rings is 2. The predicted octanol–water partition coefficient (Wildman–Crippen LogP) is 2.63. The number of carbonyl (C=O) groups is 2. The molecule has 1 N–H and O–H groups in total. The Morgan fingerprint density at radius 3 is 2.37 bits per heavy atom. The zero-order chi connectivity index (χ0) is 21.5. The number of aliphatic hydroxyl groups is 1. The minimum atomic E-state index is -4.24. The van der Waals surface area contributed by atoms with Gasteiger partial charge in [0.25, 0.3) is 5.91 Å². The number of hydrogen-bond acceptors (Lipinski definition) is 5. The standard InChI is InChI=1S/C23H25NO5S/c1-16-10-12-19(13-11-16)30(28,29)23-18(8-5-9-20(23)25)14-21(26)24(22(23)27)15-17-6-3-2-4-7-17/h2-4,6-7,10-13,18,20,25H,5,8-9,14-15H2,1H3/t18-,20?,23?/m1/s1. The zero-order valence-corrected chi connectivity index (χ0v) is 17.6. The van der Waals surface area contributed by atoms with Gasteiger partial charge in [0.2, 0.25) is 5.91 Å². The van der Waals surface area contributed by atoms with Crippen molar-refractivity contribution in [3.63, 3.8) is 0 Å². The SMILES string of the molecule is Cc1ccc(S(=O)(=O)C23C(=O)N(Cc4ccccc4)C(=O)C[C@H]2CCCC3O)cc1. The monoisotopic (exact) mass is 427 g/mol. The number of rotatable bonds is 4. The van der Waals surface area contributed by atoms with Crippen molar-refractivity contribution >= 4 is 21.7 Å². The Morgan fingerprint density at radius 1 is 1.03 bits per heavy atom. The highest BCUT2D eigenvalue weighted by Gasteiger charge is 2.66. The molecule has 2 aliphatic rings. The predicted molar refractivity (Wildman–Crippen MR) is 111 cm³/mol. The lowest BCUT2D eigenvalue weighted by Gasteiger charge is -2.50. The number of aliphatic hydroxyl groups excluding tert-OH is 1. The molecule has 4 rings (SSSR count). The molecule has 6 nitrogen and oxygen atoms in total. The van der Waals surface area contributed by atoms with E-state index in [0.29, 0.717) is 12.8 Å². The van der Waals surface area contributed by atoms with Gasteiger partial charge in [-0.05, 0) is 43.4 Å². The molecule has 1 saturated carbocycles. The van der Waals surface area contributed by atoms with E-state index in [-0.39, 0.29) is 24.3 Å². The van der Waals surface area contributed by atoms with Crippen LogP contribution in [0.2, 0.25) is 0 Å². The topological polar surface area (TPSA) is 91.8 Å². The highest BCUT2D eigenvalue weighted by atomic mass is 32.2. The maximum absolute atomic E-state index is 13.9. The van der Waals surface area contributed by atoms with E-state index >= 15 is 0 Å². The molecule has 30 heavy (non-hydrogen) atoms. The van der Waals surface area contributed by atoms with E-state index in [9.17, 15) is 23.1 Å². The first-order chi connectivity index (χ1) is 14.3. The summed E-state index contributed by atoms with van der Waals surface area (Å²) < 4.78 is 25.7. The average molecular weight is 428 g/mol. The molecule has 2 fully saturated rings. The van der Waals surface area contributed by atoms with Gasteiger partial charge in [0.05, 0.1) is 17.5 Å². The van der Waals surface area contributed by atoms with Crippen LogP contribution >= 0.6 is 0 Å². The van der Waals surface area contributed by atoms with Gasteiger partial charge in [-0.15, -0.1) is 0 Å². The van der Waals surface area contributed by atoms with Crippen LogP contribution in [-0.4, -0.2) is 41.1 Å². The van der Waals surface area contributed by atoms with E-state index in [1.54, 1.807) is 36.4 Å². The molecule has 7 heteroatoms. The lowest BCUT2D eigenvalue weighted by molar-refractivity contribution is -0.159. The maximum Gasteiger partial charge on any atom is 0.254 e. The smallest absolute Gasteiger partial charge is 0.254 e. The lowest BCUT2D eigenvalue weighted by atomic mass is 9.71. The normalized spacial score (nSPS) is 27.1. The summed E-state index contributed by atoms with van der Waals surface area (Å²) >= 11 is 0. The van der Waals surface area contributed by atoms with E-state index in [1.165, 1.54) is 12.1 Å². The molecule has 0 aromatic heterocycles. The van der Waals surface area contributed by atoms with E-state index in [4.69, 9.17) is 0 Å². The van der Waals surface area contributed by atoms with Crippen LogP contribution in [0.15, 0.2) is 59.5 Å². The number of nitrogens with zero attached hydrogens (tertiary/aromatic N) is 1. The molecule has 3 atom stereocenters. The van der Waals surface area contributed by atoms with Gasteiger partial charge in [0.1, 0.15) is 0 Å². The molecular formula is C23H25NO5S. The average Bonchev–Trinajstić information content (AvgIpc) is 2.72. The largest absolute Gasteiger partial charge is 0.391 e. The second-order valence-corrected chi connectivity index (χ2v) is 10.4. The summed E-state index contributed by atoms with van der Waals surface area (Å²) in [4.78, 5) is 27.6. The summed E-state index contributed by atoms with van der Waals surface area (Å²) in [7, 11) is -4.24. The van der Waals surface area contributed by atoms with Crippen molar-refractivity contribution in [2.24, 2.45) is 5.92 Å². The van der Waals surface area contributed by atoms with Crippen LogP contribution in [0, 0.1) is 12.8 Å². The first kappa shape index (κ1) is 20.8. The van der Waals surface area contributed by atoms with Crippen LogP contribution in [0.25, 0.3) is 0 Å². The first-order valence-electron chi connectivity index (χ1n) is 10.2. The van der Waals surface area contributed by atoms with Gasteiger partial charge in [-0.1, -0.05) is 54.4 Å². The Labute approximate surface area is 176 Å². The molecule has 0 spiro atoms. The summed E-state index contributed by atoms with van der Waals surface area (Å²) in [5.41, 5.74) is 1.62. The summed E-state index contributed by atoms with van der Waals surface area (Å²) in [5, 5.41) is 11.0. The van der Waals surface area contributed by atoms with Crippen molar-refractivity contribution in [1.82, 2.24) is 4.90 Å². The van der Waals surface area contributed by atoms with Crippen molar-refractivity contribution in [2.45, 2.75) is 54.9 Å². The van der Waals surface area contributed by atoms with Crippen LogP contribution in [0.3, 0.4) is 0 Å². The van der Waals surface area contributed by atoms with Gasteiger partial charge < -0.3 is 5.11 Å². The number of amides is 2. The minimum Gasteiger partial charge on any atom is -0.391 e. The molecule has 0 bridgehead atoms. The van der Waals surface area contributed by atoms with Crippen LogP contribution in [0.1, 0.15) is 36.8 Å². The Morgan fingerprint density at radius 2 is 1.70 bits per heavy atom. The second-order valence-electron chi connectivity index (χ2n) is 8.23. The highest BCUT2D eigenvalue weighted by molar-refractivity contribution is 7.93. The van der Waals surface area contributed by atoms with Gasteiger partial charge in [-0.3, -0.25) is 14.5 Å². The number of piperidine rings is 1. The number of fused-ring (bicyclic) bond motifs is 1. The summed E-state index contributed by atoms with van der Waals surface area (Å²) in [5.74, 6) is -1.93. The van der Waals surface area contributed by atoms with Gasteiger partial charge in [0, 0.05) is 6.42 Å². The lowest BCUT2D eigenvalue weighted by Crippen LogP contribution is -2.70. The van der Waals surface area contributed by atoms with Crippen molar-refractivity contribution < 1.29 is 23.1 Å². The van der Waals surface area contributed by atoms with E-state index < -0.39 is 38.4 Å². The van der Waals surface area contributed by atoms with Crippen LogP contribution in [0.4, 0.5) is 0 Å². The molecule has 1 aliphatic heterocycles. The third-order valence-corrected chi connectivity index (χ3v) is 8.95. The molecule has 1 heterocycles. The molecule has 2 amide bonds. The van der Waals surface area contributed by atoms with Gasteiger partial charge in [-0.2, -0.15) is 0 Å². The fourth-order valence-electron chi connectivity index (χ4n) is 4.83. The Balaban J connectivity index is 1.84. The molecule has 0 radical (unpaired) electrons. The van der Waals surface area contributed by atoms with Crippen molar-refractivity contribution in [2.75, 3.05) is 0 Å². The number of carbonyl (C=O) groups excluding carboxylic acids is 2. The highest BCUT2D eigenvalue weighted by Crippen LogP contribution is 2.48. The molecule has 2 aromatic rings. The molecular weight excluding hydrogens is 402 g/mol. The van der Waals surface area contributed by atoms with E-state index in [2.05, 4.69) is 0 Å². The number of imide groups is 1. The molecule has 1 saturated heterocycles. The molecule has 158 valence electrons. The molecule has 2 aromatic carbocycles. The van der Waals surface area contributed by atoms with Gasteiger partial charge >= 0.3 is 0 Å². The fraction of sp³-hybridized carbons (Fsp3) is 0.391. The third kappa shape index (κ3) is 3.08. The van der Waals surface area contributed by atoms with Crippen molar-refractivity contribution in [3.05, 3.63) is 65.7 Å². The quantitative estimate of drug-likeness (QED) is 0.758. The third-order valence-electron chi connectivity index (χ3n) is 6.39. The maximum atomic E-state index is 13.9. The van der Waals surface area contributed by atoms with E-state index in [0.717, 1.165) is 16.0 Å². The minimum absolute atomic E-state index is 0.00131. The fourth-order valence-corrected chi connectivity index (χ4v) is 7.17.